The van der Waals surface area contributed by atoms with Crippen molar-refractivity contribution in [1.82, 2.24) is 39.3 Å². The maximum atomic E-state index is 14.4. The van der Waals surface area contributed by atoms with Crippen LogP contribution in [0.4, 0.5) is 10.1 Å². The number of carbonyl (C=O) groups is 1. The molecule has 1 aromatic carbocycles. The number of benzene rings is 1. The Morgan fingerprint density at radius 2 is 1.96 bits per heavy atom. The molecule has 0 radical (unpaired) electrons. The number of fused-ring (bicyclic) bond motifs is 3. The molecule has 0 bridgehead atoms. The predicted octanol–water partition coefficient (Wildman–Crippen LogP) is 2.07. The van der Waals surface area contributed by atoms with Crippen LogP contribution in [0.1, 0.15) is 50.2 Å². The summed E-state index contributed by atoms with van der Waals surface area (Å²) < 4.78 is 22.6. The van der Waals surface area contributed by atoms with Gasteiger partial charge in [-0.1, -0.05) is 26.0 Å². The summed E-state index contributed by atoms with van der Waals surface area (Å²) in [5, 5.41) is 8.42. The van der Waals surface area contributed by atoms with Gasteiger partial charge in [-0.2, -0.15) is 0 Å². The van der Waals surface area contributed by atoms with Crippen LogP contribution >= 0.6 is 0 Å². The molecule has 2 fully saturated rings. The number of piperazine rings is 1. The van der Waals surface area contributed by atoms with Crippen LogP contribution in [0.5, 0.6) is 0 Å². The Kier molecular flexibility index (Phi) is 8.88. The van der Waals surface area contributed by atoms with Gasteiger partial charge in [-0.3, -0.25) is 24.6 Å². The van der Waals surface area contributed by atoms with Crippen molar-refractivity contribution in [2.75, 3.05) is 57.4 Å². The third-order valence-electron chi connectivity index (χ3n) is 9.94. The van der Waals surface area contributed by atoms with Crippen molar-refractivity contribution in [2.45, 2.75) is 64.2 Å². The van der Waals surface area contributed by atoms with Gasteiger partial charge in [-0.05, 0) is 37.6 Å². The van der Waals surface area contributed by atoms with Crippen molar-refractivity contribution in [3.05, 3.63) is 87.7 Å². The minimum Gasteiger partial charge on any atom is -0.379 e. The summed E-state index contributed by atoms with van der Waals surface area (Å²) in [5.41, 5.74) is 3.44. The Morgan fingerprint density at radius 1 is 1.15 bits per heavy atom. The SMILES string of the molecule is C[C@@H]1CN(CC(=O)N2CC(C)(C)c3c2cc(Cc2ccc(F)cc2)c2nn(Cc4cnccn4)c(=O)n32)[C@@H](CN2CCOC[C@H]2C)CN1. The lowest BCUT2D eigenvalue weighted by Gasteiger charge is -2.43. The maximum Gasteiger partial charge on any atom is 0.351 e. The monoisotopic (exact) mass is 657 g/mol. The molecule has 7 rings (SSSR count). The molecule has 0 spiro atoms. The van der Waals surface area contributed by atoms with Crippen LogP contribution in [-0.2, 0) is 27.9 Å². The average Bonchev–Trinajstić information content (AvgIpc) is 3.53. The number of morpholine rings is 1. The number of nitrogens with one attached hydrogen (secondary N) is 1. The molecule has 1 amide bonds. The summed E-state index contributed by atoms with van der Waals surface area (Å²) in [6.07, 6.45) is 5.21. The highest BCUT2D eigenvalue weighted by Gasteiger charge is 2.43. The molecule has 1 N–H and O–H groups in total. The maximum absolute atomic E-state index is 14.4. The molecule has 0 aliphatic carbocycles. The Labute approximate surface area is 279 Å². The average molecular weight is 658 g/mol. The van der Waals surface area contributed by atoms with E-state index in [1.165, 1.54) is 16.8 Å². The molecular formula is C35H44FN9O3. The number of pyridine rings is 1. The van der Waals surface area contributed by atoms with Gasteiger partial charge in [-0.15, -0.1) is 5.10 Å². The lowest BCUT2D eigenvalue weighted by atomic mass is 9.90. The lowest BCUT2D eigenvalue weighted by molar-refractivity contribution is -0.121. The molecule has 4 aromatic rings. The second kappa shape index (κ2) is 13.1. The second-order valence-electron chi connectivity index (χ2n) is 14.2. The van der Waals surface area contributed by atoms with E-state index in [0.29, 0.717) is 30.3 Å². The fourth-order valence-corrected chi connectivity index (χ4v) is 7.45. The highest BCUT2D eigenvalue weighted by atomic mass is 19.1. The second-order valence-corrected chi connectivity index (χ2v) is 14.2. The Hall–Kier alpha value is -4.04. The molecule has 0 saturated carbocycles. The van der Waals surface area contributed by atoms with Crippen LogP contribution in [0, 0.1) is 5.82 Å². The number of nitrogens with zero attached hydrogens (tertiary/aromatic N) is 8. The van der Waals surface area contributed by atoms with Crippen LogP contribution in [0.15, 0.2) is 53.7 Å². The Balaban J connectivity index is 1.25. The number of amides is 1. The van der Waals surface area contributed by atoms with Crippen LogP contribution in [0.3, 0.4) is 0 Å². The fraction of sp³-hybridized carbons (Fsp3) is 0.514. The van der Waals surface area contributed by atoms with E-state index < -0.39 is 5.41 Å². The first-order chi connectivity index (χ1) is 23.1. The number of hydrogen-bond acceptors (Lipinski definition) is 9. The van der Waals surface area contributed by atoms with Crippen molar-refractivity contribution in [2.24, 2.45) is 0 Å². The molecule has 3 atom stereocenters. The normalized spacial score (nSPS) is 23.1. The molecule has 254 valence electrons. The number of carbonyl (C=O) groups excluding carboxylic acids is 1. The zero-order chi connectivity index (χ0) is 33.6. The van der Waals surface area contributed by atoms with E-state index in [0.717, 1.165) is 61.9 Å². The van der Waals surface area contributed by atoms with Gasteiger partial charge >= 0.3 is 5.69 Å². The van der Waals surface area contributed by atoms with Gasteiger partial charge in [0.1, 0.15) is 5.82 Å². The van der Waals surface area contributed by atoms with E-state index in [-0.39, 0.29) is 42.6 Å². The van der Waals surface area contributed by atoms with E-state index in [2.05, 4.69) is 52.8 Å². The van der Waals surface area contributed by atoms with E-state index >= 15 is 0 Å². The van der Waals surface area contributed by atoms with Crippen molar-refractivity contribution >= 4 is 17.2 Å². The molecule has 48 heavy (non-hydrogen) atoms. The van der Waals surface area contributed by atoms with Crippen molar-refractivity contribution in [3.63, 3.8) is 0 Å². The number of hydrogen-bond donors (Lipinski definition) is 1. The van der Waals surface area contributed by atoms with Gasteiger partial charge in [0.25, 0.3) is 0 Å². The molecule has 3 aliphatic heterocycles. The topological polar surface area (TPSA) is 113 Å². The molecule has 13 heteroatoms. The molecular weight excluding hydrogens is 613 g/mol. The summed E-state index contributed by atoms with van der Waals surface area (Å²) in [5.74, 6) is -0.313. The summed E-state index contributed by atoms with van der Waals surface area (Å²) in [6, 6.07) is 9.12. The minimum absolute atomic E-state index is 0.00281. The van der Waals surface area contributed by atoms with Gasteiger partial charge in [0.2, 0.25) is 5.91 Å². The molecule has 0 unspecified atom stereocenters. The minimum atomic E-state index is -0.527. The van der Waals surface area contributed by atoms with E-state index in [1.54, 1.807) is 35.1 Å². The van der Waals surface area contributed by atoms with Gasteiger partial charge in [0, 0.05) is 80.6 Å². The lowest BCUT2D eigenvalue weighted by Crippen LogP contribution is -2.62. The van der Waals surface area contributed by atoms with Crippen LogP contribution in [0.25, 0.3) is 5.65 Å². The van der Waals surface area contributed by atoms with Gasteiger partial charge in [0.05, 0.1) is 49.6 Å². The highest BCUT2D eigenvalue weighted by molar-refractivity contribution is 5.98. The van der Waals surface area contributed by atoms with Crippen molar-refractivity contribution in [3.8, 4) is 0 Å². The summed E-state index contributed by atoms with van der Waals surface area (Å²) in [6.45, 7) is 14.1. The van der Waals surface area contributed by atoms with E-state index in [1.807, 2.05) is 11.0 Å². The fourth-order valence-electron chi connectivity index (χ4n) is 7.45. The van der Waals surface area contributed by atoms with Gasteiger partial charge in [-0.25, -0.2) is 18.3 Å². The molecule has 6 heterocycles. The number of aromatic nitrogens is 5. The quantitative estimate of drug-likeness (QED) is 0.304. The van der Waals surface area contributed by atoms with E-state index in [9.17, 15) is 14.0 Å². The van der Waals surface area contributed by atoms with E-state index in [4.69, 9.17) is 9.84 Å². The largest absolute Gasteiger partial charge is 0.379 e. The Morgan fingerprint density at radius 3 is 2.71 bits per heavy atom. The molecule has 3 aliphatic rings. The number of anilines is 1. The molecule has 3 aromatic heterocycles. The zero-order valence-electron chi connectivity index (χ0n) is 28.1. The van der Waals surface area contributed by atoms with Crippen molar-refractivity contribution in [1.29, 1.82) is 0 Å². The van der Waals surface area contributed by atoms with Crippen molar-refractivity contribution < 1.29 is 13.9 Å². The first kappa shape index (κ1) is 32.5. The van der Waals surface area contributed by atoms with Crippen LogP contribution < -0.4 is 15.9 Å². The Bertz CT molecular complexity index is 1840. The summed E-state index contributed by atoms with van der Waals surface area (Å²) in [4.78, 5) is 43.7. The molecule has 2 saturated heterocycles. The standard InChI is InChI=1S/C35H44FN9O3/c1-23-17-42(29(16-39-23)19-41-11-12-48-21-24(41)2)20-31(46)43-22-35(3,4)32-30(43)14-26(13-25-5-7-27(36)8-6-25)33-40-44(34(47)45(32)33)18-28-15-37-9-10-38-28/h5-10,14-15,23-24,29,39H,11-13,16-22H2,1-4H3/t23-,24-,29-/m1/s1. The zero-order valence-corrected chi connectivity index (χ0v) is 28.1. The number of rotatable bonds is 8. The van der Waals surface area contributed by atoms with Crippen LogP contribution in [-0.4, -0.2) is 110 Å². The highest BCUT2D eigenvalue weighted by Crippen LogP contribution is 2.42. The first-order valence-electron chi connectivity index (χ1n) is 16.8. The third-order valence-corrected chi connectivity index (χ3v) is 9.94. The van der Waals surface area contributed by atoms with Crippen LogP contribution in [0.2, 0.25) is 0 Å². The number of ether oxygens (including phenoxy) is 1. The summed E-state index contributed by atoms with van der Waals surface area (Å²) >= 11 is 0. The number of halogens is 1. The van der Waals surface area contributed by atoms with Gasteiger partial charge in [0.15, 0.2) is 5.65 Å². The smallest absolute Gasteiger partial charge is 0.351 e. The predicted molar refractivity (Wildman–Crippen MR) is 180 cm³/mol. The van der Waals surface area contributed by atoms with Gasteiger partial charge < -0.3 is 15.0 Å². The molecule has 12 nitrogen and oxygen atoms in total. The summed E-state index contributed by atoms with van der Waals surface area (Å²) in [7, 11) is 0. The first-order valence-corrected chi connectivity index (χ1v) is 16.8. The third kappa shape index (κ3) is 6.39.